The number of aromatic nitrogens is 8. The van der Waals surface area contributed by atoms with Crippen LogP contribution in [-0.4, -0.2) is 110 Å². The quantitative estimate of drug-likeness (QED) is 0.0207. The maximum atomic E-state index is 13.3. The number of carbonyl (C=O) groups excluding carboxylic acids is 4. The van der Waals surface area contributed by atoms with Gasteiger partial charge in [0.15, 0.2) is 29.7 Å². The zero-order chi connectivity index (χ0) is 67.0. The topological polar surface area (TPSA) is 293 Å². The number of pyridine rings is 2. The number of nitrogens with one attached hydrogen (secondary N) is 1. The van der Waals surface area contributed by atoms with Crippen LogP contribution < -0.4 is 55.7 Å². The number of rotatable bonds is 13. The summed E-state index contributed by atoms with van der Waals surface area (Å²) in [7, 11) is -6.69. The summed E-state index contributed by atoms with van der Waals surface area (Å²) in [6.07, 6.45) is 18.3. The second-order valence-corrected chi connectivity index (χ2v) is 25.7. The van der Waals surface area contributed by atoms with E-state index in [4.69, 9.17) is 55.4 Å². The molecule has 8 aromatic rings. The van der Waals surface area contributed by atoms with Crippen LogP contribution in [0, 0.1) is 17.5 Å². The van der Waals surface area contributed by atoms with Crippen LogP contribution in [0.1, 0.15) is 91.8 Å². The molecule has 0 saturated carbocycles. The van der Waals surface area contributed by atoms with Gasteiger partial charge in [-0.25, -0.2) is 58.8 Å². The van der Waals surface area contributed by atoms with Crippen molar-refractivity contribution in [1.82, 2.24) is 44.6 Å². The Labute approximate surface area is 589 Å². The molecular weight excluding hydrogens is 1390 g/mol. The van der Waals surface area contributed by atoms with Crippen molar-refractivity contribution >= 4 is 124 Å². The number of halogens is 9. The fourth-order valence-electron chi connectivity index (χ4n) is 9.48. The molecule has 3 aromatic carbocycles. The molecule has 7 heterocycles. The third-order valence-electron chi connectivity index (χ3n) is 13.5. The van der Waals surface area contributed by atoms with Gasteiger partial charge in [0.05, 0.1) is 69.8 Å². The zero-order valence-electron chi connectivity index (χ0n) is 50.7. The number of aryl methyl sites for hydroxylation is 1. The number of alkyl halides is 2. The summed E-state index contributed by atoms with van der Waals surface area (Å²) in [5.74, 6) is -0.821. The molecule has 0 radical (unpaired) electrons. The predicted molar refractivity (Wildman–Crippen MR) is 347 cm³/mol. The third-order valence-corrected chi connectivity index (χ3v) is 15.7. The van der Waals surface area contributed by atoms with E-state index in [1.165, 1.54) is 77.4 Å². The minimum Gasteiger partial charge on any atom is -0.662 e. The number of hydrogen-bond acceptors (Lipinski definition) is 16. The fraction of sp³-hybridized carbons (Fsp3) is 0.305. The summed E-state index contributed by atoms with van der Waals surface area (Å²) in [6, 6.07) is 24.3. The second kappa shape index (κ2) is 39.6. The van der Waals surface area contributed by atoms with Crippen molar-refractivity contribution in [2.45, 2.75) is 93.8 Å². The van der Waals surface area contributed by atoms with Gasteiger partial charge < -0.3 is 21.2 Å². The van der Waals surface area contributed by atoms with Crippen LogP contribution >= 0.6 is 70.4 Å². The van der Waals surface area contributed by atoms with E-state index in [2.05, 4.69) is 58.7 Å². The van der Waals surface area contributed by atoms with Crippen molar-refractivity contribution in [3.05, 3.63) is 179 Å². The first kappa shape index (κ1) is 81.1. The van der Waals surface area contributed by atoms with Crippen molar-refractivity contribution in [2.75, 3.05) is 40.7 Å². The Hall–Kier alpha value is -6.18. The molecule has 5 aromatic heterocycles. The van der Waals surface area contributed by atoms with E-state index in [1.807, 2.05) is 24.7 Å². The Morgan fingerprint density at radius 3 is 1.44 bits per heavy atom. The molecule has 496 valence electrons. The molecule has 34 heteroatoms. The number of carbonyl (C=O) groups is 4. The molecule has 0 saturated heterocycles. The third kappa shape index (κ3) is 24.2. The molecule has 0 bridgehead atoms. The maximum absolute atomic E-state index is 13.3. The van der Waals surface area contributed by atoms with Gasteiger partial charge in [0.25, 0.3) is 6.47 Å². The maximum Gasteiger partial charge on any atom is 1.00 e. The SMILES string of the molecule is CCC[C@H](N)c1ccnc(S(C)(=O)=O)c1.CCC[C@H](NC(=O)N1CCc2c1cnn2-c1ccc(F)cc1)c1ccnc(S(C)(=O)=O)c1.Cl.ClCCl.Fc1ccc(-n2ncc3c2CCC3)cc1.O=C(Cl)Cl.O=C(Cl)N1CCc2c1cnn2-c1ccc(F)cc1.O=CO[O-].[Na+]. The Morgan fingerprint density at radius 1 is 0.645 bits per heavy atom. The number of amides is 3. The van der Waals surface area contributed by atoms with Gasteiger partial charge in [0, 0.05) is 62.6 Å². The second-order valence-electron chi connectivity index (χ2n) is 19.7. The molecule has 11 rings (SSSR count). The molecule has 0 spiro atoms. The van der Waals surface area contributed by atoms with E-state index in [0.29, 0.717) is 43.6 Å². The largest absolute Gasteiger partial charge is 1.00 e. The van der Waals surface area contributed by atoms with Crippen LogP contribution in [0.25, 0.3) is 17.1 Å². The summed E-state index contributed by atoms with van der Waals surface area (Å²) in [6.45, 7) is 4.90. The van der Waals surface area contributed by atoms with E-state index in [-0.39, 0.29) is 99.4 Å². The van der Waals surface area contributed by atoms with Crippen LogP contribution in [0.5, 0.6) is 0 Å². The molecule has 93 heavy (non-hydrogen) atoms. The minimum atomic E-state index is -3.45. The number of benzene rings is 3. The average Bonchev–Trinajstić information content (AvgIpc) is 1.65. The van der Waals surface area contributed by atoms with Crippen molar-refractivity contribution in [2.24, 2.45) is 5.73 Å². The predicted octanol–water partition coefficient (Wildman–Crippen LogP) is 8.81. The number of anilines is 2. The molecule has 2 aliphatic heterocycles. The Bertz CT molecular complexity index is 3940. The van der Waals surface area contributed by atoms with Crippen molar-refractivity contribution in [3.63, 3.8) is 0 Å². The number of fused-ring (bicyclic) bond motifs is 3. The number of nitrogens with zero attached hydrogens (tertiary/aromatic N) is 10. The van der Waals surface area contributed by atoms with Crippen molar-refractivity contribution in [1.29, 1.82) is 0 Å². The van der Waals surface area contributed by atoms with Crippen LogP contribution in [0.15, 0.2) is 138 Å². The normalized spacial score (nSPS) is 12.8. The van der Waals surface area contributed by atoms with E-state index >= 15 is 0 Å². The minimum absolute atomic E-state index is 0. The summed E-state index contributed by atoms with van der Waals surface area (Å²) in [5.41, 5.74) is 15.7. The fourth-order valence-corrected chi connectivity index (χ4v) is 10.9. The molecule has 1 aliphatic carbocycles. The van der Waals surface area contributed by atoms with Crippen LogP contribution in [-0.2, 0) is 55.0 Å². The van der Waals surface area contributed by atoms with Gasteiger partial charge >= 0.3 is 45.7 Å². The summed E-state index contributed by atoms with van der Waals surface area (Å²) >= 11 is 23.8. The summed E-state index contributed by atoms with van der Waals surface area (Å²) in [5, 5.41) is 24.1. The average molecular weight is 1460 g/mol. The zero-order valence-corrected chi connectivity index (χ0v) is 59.0. The molecular formula is C59H64Cl6F3N12NaO10S2. The summed E-state index contributed by atoms with van der Waals surface area (Å²) < 4.78 is 89.6. The first-order valence-corrected chi connectivity index (χ1v) is 33.6. The molecule has 0 fully saturated rings. The monoisotopic (exact) mass is 1450 g/mol. The molecule has 3 aliphatic rings. The van der Waals surface area contributed by atoms with Crippen molar-refractivity contribution < 1.29 is 88.9 Å². The van der Waals surface area contributed by atoms with Gasteiger partial charge in [0.2, 0.25) is 0 Å². The van der Waals surface area contributed by atoms with Gasteiger partial charge in [-0.15, -0.1) is 35.6 Å². The number of hydrogen-bond donors (Lipinski definition) is 2. The smallest absolute Gasteiger partial charge is 0.662 e. The van der Waals surface area contributed by atoms with Crippen molar-refractivity contribution in [3.8, 4) is 17.1 Å². The van der Waals surface area contributed by atoms with E-state index in [1.54, 1.807) is 81.3 Å². The number of sulfone groups is 2. The standard InChI is InChI=1S/C22H24FN5O3S.C12H9ClFN3O.C12H11FN2.C10H16N2O2S.CCl2O.CH2Cl2.CH2O3.ClH.Na/c1-3-4-18(15-9-11-24-21(13-15)32(2,30)31)26-22(29)27-12-10-19-20(27)14-25-28(19)17-7-5-16(23)6-8-17;13-12(18)16-6-5-10-11(16)7-15-17(10)9-3-1-8(14)2-4-9;13-10-4-6-11(7-5-10)15-12-3-1-2-9(12)8-14-15;1-3-4-9(11)8-5-6-12-10(7-8)15(2,13)14;2-1(3)4;2-1-3;2-1-4-3;;/h5-9,11,13-14,18H,3-4,10,12H2,1-2H3,(H,26,29);1-4,7H,5-6H2;4-8H,1-3H2;5-7,9H,3-4,11H2,1-2H3;;1H2;1,3H;1H;/q;;;;;;;;+1/p-1/t18-;;;9-;;;;;/m0..0...../s1. The molecule has 3 N–H and O–H groups in total. The molecule has 22 nitrogen and oxygen atoms in total. The first-order valence-electron chi connectivity index (χ1n) is 27.6. The number of nitrogens with two attached hydrogens (primary N) is 1. The van der Waals surface area contributed by atoms with E-state index in [9.17, 15) is 39.6 Å². The van der Waals surface area contributed by atoms with E-state index < -0.39 is 29.7 Å². The Balaban J connectivity index is 0.000000318. The molecule has 2 atom stereocenters. The van der Waals surface area contributed by atoms with Gasteiger partial charge in [0.1, 0.15) is 17.5 Å². The summed E-state index contributed by atoms with van der Waals surface area (Å²) in [4.78, 5) is 55.4. The van der Waals surface area contributed by atoms with Gasteiger partial charge in [-0.1, -0.05) is 26.7 Å². The van der Waals surface area contributed by atoms with Crippen LogP contribution in [0.2, 0.25) is 0 Å². The molecule has 0 unspecified atom stereocenters. The van der Waals surface area contributed by atoms with Gasteiger partial charge in [-0.3, -0.25) is 24.2 Å². The number of urea groups is 1. The van der Waals surface area contributed by atoms with E-state index in [0.717, 1.165) is 84.3 Å². The van der Waals surface area contributed by atoms with Gasteiger partial charge in [-0.2, -0.15) is 15.3 Å². The first-order chi connectivity index (χ1) is 43.3. The van der Waals surface area contributed by atoms with Crippen LogP contribution in [0.3, 0.4) is 0 Å². The Kier molecular flexibility index (Phi) is 34.5. The Morgan fingerprint density at radius 2 is 1.03 bits per heavy atom. The molecule has 3 amide bonds. The van der Waals surface area contributed by atoms with Gasteiger partial charge in [-0.05, 0) is 181 Å². The van der Waals surface area contributed by atoms with Crippen LogP contribution in [0.4, 0.5) is 38.9 Å².